The smallest absolute Gasteiger partial charge is 0.240 e. The van der Waals surface area contributed by atoms with Gasteiger partial charge in [-0.25, -0.2) is 0 Å². The van der Waals surface area contributed by atoms with Crippen molar-refractivity contribution in [2.75, 3.05) is 46.8 Å². The molecule has 1 atom stereocenters. The molecule has 1 aliphatic heterocycles. The molecule has 140 valence electrons. The molecule has 0 unspecified atom stereocenters. The van der Waals surface area contributed by atoms with Gasteiger partial charge in [0.15, 0.2) is 0 Å². The molecule has 0 spiro atoms. The monoisotopic (exact) mass is 351 g/mol. The maximum atomic E-state index is 12.6. The summed E-state index contributed by atoms with van der Waals surface area (Å²) in [6.07, 6.45) is 4.24. The fraction of sp³-hybridized carbons (Fsp3) is 0.824. The lowest BCUT2D eigenvalue weighted by Gasteiger charge is -2.40. The number of piperazine rings is 1. The van der Waals surface area contributed by atoms with Gasteiger partial charge in [-0.15, -0.1) is 0 Å². The number of carbonyl (C=O) groups is 3. The zero-order valence-corrected chi connectivity index (χ0v) is 15.2. The van der Waals surface area contributed by atoms with E-state index in [1.54, 1.807) is 19.0 Å². The topological polar surface area (TPSA) is 85.0 Å². The highest BCUT2D eigenvalue weighted by Gasteiger charge is 2.36. The summed E-state index contributed by atoms with van der Waals surface area (Å²) in [5.41, 5.74) is 0. The van der Waals surface area contributed by atoms with E-state index in [2.05, 4.69) is 10.6 Å². The minimum absolute atomic E-state index is 0.0148. The van der Waals surface area contributed by atoms with Crippen molar-refractivity contribution in [2.45, 2.75) is 43.8 Å². The first-order valence-electron chi connectivity index (χ1n) is 9.18. The Hall–Kier alpha value is -1.67. The van der Waals surface area contributed by atoms with Crippen LogP contribution >= 0.6 is 0 Å². The van der Waals surface area contributed by atoms with E-state index in [9.17, 15) is 14.4 Å². The van der Waals surface area contributed by atoms with Crippen LogP contribution in [0.2, 0.25) is 0 Å². The van der Waals surface area contributed by atoms with Gasteiger partial charge < -0.3 is 15.5 Å². The molecular formula is C17H29N5O3. The summed E-state index contributed by atoms with van der Waals surface area (Å²) in [6.45, 7) is 2.33. The maximum absolute atomic E-state index is 12.6. The quantitative estimate of drug-likeness (QED) is 0.590. The van der Waals surface area contributed by atoms with E-state index in [-0.39, 0.29) is 30.3 Å². The number of rotatable bonds is 7. The van der Waals surface area contributed by atoms with E-state index in [4.69, 9.17) is 0 Å². The van der Waals surface area contributed by atoms with Gasteiger partial charge in [-0.2, -0.15) is 0 Å². The standard InChI is InChI=1S/C17H29N5O3/c1-20(2)17(25)14-9-21(10-15(23)18-12-3-4-12)7-8-22(14)11-16(24)19-13-5-6-13/h12-14H,3-11H2,1-2H3,(H,18,23)(H,19,24)/t14-/m1/s1. The number of nitrogens with one attached hydrogen (secondary N) is 2. The van der Waals surface area contributed by atoms with Gasteiger partial charge in [0.1, 0.15) is 6.04 Å². The second-order valence-electron chi connectivity index (χ2n) is 7.64. The summed E-state index contributed by atoms with van der Waals surface area (Å²) >= 11 is 0. The van der Waals surface area contributed by atoms with E-state index in [0.29, 0.717) is 38.3 Å². The normalized spacial score (nSPS) is 24.6. The summed E-state index contributed by atoms with van der Waals surface area (Å²) in [4.78, 5) is 42.2. The predicted molar refractivity (Wildman–Crippen MR) is 92.8 cm³/mol. The van der Waals surface area contributed by atoms with Gasteiger partial charge >= 0.3 is 0 Å². The van der Waals surface area contributed by atoms with Gasteiger partial charge in [0.2, 0.25) is 17.7 Å². The summed E-state index contributed by atoms with van der Waals surface area (Å²) in [6, 6.07) is 0.282. The van der Waals surface area contributed by atoms with Crippen LogP contribution in [-0.2, 0) is 14.4 Å². The van der Waals surface area contributed by atoms with Crippen molar-refractivity contribution in [1.82, 2.24) is 25.3 Å². The minimum Gasteiger partial charge on any atom is -0.352 e. The molecule has 3 fully saturated rings. The second kappa shape index (κ2) is 7.70. The van der Waals surface area contributed by atoms with Crippen LogP contribution in [0.3, 0.4) is 0 Å². The van der Waals surface area contributed by atoms with Crippen molar-refractivity contribution < 1.29 is 14.4 Å². The molecule has 3 rings (SSSR count). The SMILES string of the molecule is CN(C)C(=O)[C@H]1CN(CC(=O)NC2CC2)CCN1CC(=O)NC1CC1. The van der Waals surface area contributed by atoms with Gasteiger partial charge in [-0.3, -0.25) is 24.2 Å². The Kier molecular flexibility index (Phi) is 5.58. The van der Waals surface area contributed by atoms with Crippen molar-refractivity contribution in [3.8, 4) is 0 Å². The van der Waals surface area contributed by atoms with Crippen LogP contribution in [0.25, 0.3) is 0 Å². The van der Waals surface area contributed by atoms with Crippen LogP contribution in [-0.4, -0.2) is 97.4 Å². The molecule has 2 aliphatic carbocycles. The van der Waals surface area contributed by atoms with Crippen molar-refractivity contribution in [3.63, 3.8) is 0 Å². The number of amides is 3. The lowest BCUT2D eigenvalue weighted by atomic mass is 10.1. The predicted octanol–water partition coefficient (Wildman–Crippen LogP) is -1.38. The third-order valence-corrected chi connectivity index (χ3v) is 4.90. The van der Waals surface area contributed by atoms with Crippen LogP contribution in [0.5, 0.6) is 0 Å². The summed E-state index contributed by atoms with van der Waals surface area (Å²) in [5.74, 6) is -0.0102. The van der Waals surface area contributed by atoms with Gasteiger partial charge in [0, 0.05) is 45.8 Å². The summed E-state index contributed by atoms with van der Waals surface area (Å²) in [7, 11) is 3.45. The average molecular weight is 351 g/mol. The highest BCUT2D eigenvalue weighted by Crippen LogP contribution is 2.20. The molecule has 3 amide bonds. The summed E-state index contributed by atoms with van der Waals surface area (Å²) in [5, 5.41) is 5.96. The van der Waals surface area contributed by atoms with E-state index < -0.39 is 0 Å². The van der Waals surface area contributed by atoms with Crippen molar-refractivity contribution in [1.29, 1.82) is 0 Å². The molecule has 8 nitrogen and oxygen atoms in total. The second-order valence-corrected chi connectivity index (χ2v) is 7.64. The molecular weight excluding hydrogens is 322 g/mol. The first-order chi connectivity index (χ1) is 11.9. The molecule has 25 heavy (non-hydrogen) atoms. The lowest BCUT2D eigenvalue weighted by molar-refractivity contribution is -0.139. The number of nitrogens with zero attached hydrogens (tertiary/aromatic N) is 3. The number of carbonyl (C=O) groups excluding carboxylic acids is 3. The van der Waals surface area contributed by atoms with Crippen LogP contribution in [0.1, 0.15) is 25.7 Å². The molecule has 1 heterocycles. The number of hydrogen-bond donors (Lipinski definition) is 2. The Labute approximate surface area is 148 Å². The Morgan fingerprint density at radius 1 is 0.920 bits per heavy atom. The highest BCUT2D eigenvalue weighted by atomic mass is 16.2. The van der Waals surface area contributed by atoms with Crippen molar-refractivity contribution in [2.24, 2.45) is 0 Å². The molecule has 0 aromatic heterocycles. The zero-order chi connectivity index (χ0) is 18.0. The van der Waals surface area contributed by atoms with Gasteiger partial charge in [-0.1, -0.05) is 0 Å². The zero-order valence-electron chi connectivity index (χ0n) is 15.2. The molecule has 2 saturated carbocycles. The Morgan fingerprint density at radius 3 is 2.00 bits per heavy atom. The number of hydrogen-bond acceptors (Lipinski definition) is 5. The third-order valence-electron chi connectivity index (χ3n) is 4.90. The fourth-order valence-corrected chi connectivity index (χ4v) is 3.13. The fourth-order valence-electron chi connectivity index (χ4n) is 3.13. The van der Waals surface area contributed by atoms with E-state index in [1.807, 2.05) is 9.80 Å². The van der Waals surface area contributed by atoms with E-state index >= 15 is 0 Å². The molecule has 0 bridgehead atoms. The number of likely N-dealkylation sites (N-methyl/N-ethyl adjacent to an activating group) is 1. The molecule has 0 aromatic carbocycles. The maximum Gasteiger partial charge on any atom is 0.240 e. The van der Waals surface area contributed by atoms with Gasteiger partial charge in [0.05, 0.1) is 13.1 Å². The molecule has 2 N–H and O–H groups in total. The van der Waals surface area contributed by atoms with E-state index in [1.165, 1.54) is 0 Å². The first-order valence-corrected chi connectivity index (χ1v) is 9.18. The Morgan fingerprint density at radius 2 is 1.48 bits per heavy atom. The lowest BCUT2D eigenvalue weighted by Crippen LogP contribution is -2.61. The average Bonchev–Trinajstić information content (AvgIpc) is 3.45. The summed E-state index contributed by atoms with van der Waals surface area (Å²) < 4.78 is 0. The highest BCUT2D eigenvalue weighted by molar-refractivity contribution is 5.84. The van der Waals surface area contributed by atoms with Crippen molar-refractivity contribution >= 4 is 17.7 Å². The molecule has 0 aromatic rings. The molecule has 0 radical (unpaired) electrons. The van der Waals surface area contributed by atoms with Crippen LogP contribution in [0.4, 0.5) is 0 Å². The van der Waals surface area contributed by atoms with Gasteiger partial charge in [0.25, 0.3) is 0 Å². The Balaban J connectivity index is 1.55. The third kappa shape index (κ3) is 5.40. The van der Waals surface area contributed by atoms with Crippen LogP contribution < -0.4 is 10.6 Å². The molecule has 1 saturated heterocycles. The first kappa shape index (κ1) is 18.1. The minimum atomic E-state index is -0.387. The molecule has 8 heteroatoms. The van der Waals surface area contributed by atoms with Crippen LogP contribution in [0.15, 0.2) is 0 Å². The molecule has 3 aliphatic rings. The largest absolute Gasteiger partial charge is 0.352 e. The van der Waals surface area contributed by atoms with E-state index in [0.717, 1.165) is 25.7 Å². The Bertz CT molecular complexity index is 530. The van der Waals surface area contributed by atoms with Crippen LogP contribution in [0, 0.1) is 0 Å². The van der Waals surface area contributed by atoms with Gasteiger partial charge in [-0.05, 0) is 25.7 Å². The van der Waals surface area contributed by atoms with Crippen molar-refractivity contribution in [3.05, 3.63) is 0 Å².